The van der Waals surface area contributed by atoms with E-state index in [2.05, 4.69) is 16.0 Å². The lowest BCUT2D eigenvalue weighted by Crippen LogP contribution is -2.81. The number of nitrogens with one attached hydrogen (secondary N) is 1. The highest BCUT2D eigenvalue weighted by Gasteiger charge is 2.25. The Morgan fingerprint density at radius 3 is 2.85 bits per heavy atom. The molecule has 0 radical (unpaired) electrons. The molecule has 142 valence electrons. The molecule has 6 heteroatoms. The monoisotopic (exact) mass is 367 g/mol. The van der Waals surface area contributed by atoms with Gasteiger partial charge in [0.25, 0.3) is 0 Å². The van der Waals surface area contributed by atoms with Gasteiger partial charge in [0.15, 0.2) is 0 Å². The number of likely N-dealkylation sites (tertiary alicyclic amines) is 1. The van der Waals surface area contributed by atoms with Crippen LogP contribution in [0.4, 0.5) is 0 Å². The molecule has 1 aromatic carbocycles. The number of rotatable bonds is 4. The van der Waals surface area contributed by atoms with E-state index >= 15 is 0 Å². The van der Waals surface area contributed by atoms with Crippen molar-refractivity contribution in [3.63, 3.8) is 0 Å². The summed E-state index contributed by atoms with van der Waals surface area (Å²) < 4.78 is 11.8. The summed E-state index contributed by atoms with van der Waals surface area (Å²) in [6.07, 6.45) is 6.74. The molecule has 4 rings (SSSR count). The van der Waals surface area contributed by atoms with Gasteiger partial charge >= 0.3 is 0 Å². The van der Waals surface area contributed by atoms with Gasteiger partial charge in [-0.05, 0) is 25.5 Å². The van der Waals surface area contributed by atoms with Gasteiger partial charge in [-0.1, -0.05) is 6.07 Å². The van der Waals surface area contributed by atoms with Crippen molar-refractivity contribution in [3.8, 4) is 11.5 Å². The molecular weight excluding hydrogens is 340 g/mol. The number of benzene rings is 1. The average Bonchev–Trinajstić information content (AvgIpc) is 3.38. The Kier molecular flexibility index (Phi) is 4.99. The van der Waals surface area contributed by atoms with Gasteiger partial charge in [-0.25, -0.2) is 0 Å². The van der Waals surface area contributed by atoms with Crippen LogP contribution in [0.5, 0.6) is 11.5 Å². The molecular formula is C21H27N4O2+. The standard InChI is InChI=1S/C21H26N4O2/c1-14(15(2)21-23-8-9-24-21)20(22)25-10-5-17(6-11-25)27-18-4-3-16-7-12-26-19(16)13-18/h3-4,8-9,13,17,22H,5-7,10-12H2,1-2H3,(H,23,24)/p+1/b15-14-,22-20?. The van der Waals surface area contributed by atoms with E-state index in [9.17, 15) is 0 Å². The first kappa shape index (κ1) is 17.8. The summed E-state index contributed by atoms with van der Waals surface area (Å²) in [5, 5.41) is 10.6. The average molecular weight is 367 g/mol. The van der Waals surface area contributed by atoms with Crippen LogP contribution in [0, 0.1) is 5.41 Å². The molecule has 3 aliphatic rings. The number of quaternary nitrogens is 1. The number of fused-ring (bicyclic) bond motifs is 1. The fraction of sp³-hybridized carbons (Fsp3) is 0.429. The zero-order valence-electron chi connectivity index (χ0n) is 16.0. The number of amidine groups is 2. The second-order valence-electron chi connectivity index (χ2n) is 7.29. The topological polar surface area (TPSA) is 74.5 Å². The molecule has 1 fully saturated rings. The molecule has 0 atom stereocenters. The molecule has 3 N–H and O–H groups in total. The van der Waals surface area contributed by atoms with Gasteiger partial charge in [-0.2, -0.15) is 4.99 Å². The van der Waals surface area contributed by atoms with Crippen LogP contribution in [0.1, 0.15) is 32.3 Å². The highest BCUT2D eigenvalue weighted by atomic mass is 16.5. The molecule has 27 heavy (non-hydrogen) atoms. The zero-order chi connectivity index (χ0) is 18.8. The molecule has 1 aromatic rings. The van der Waals surface area contributed by atoms with E-state index in [1.165, 1.54) is 5.56 Å². The van der Waals surface area contributed by atoms with Crippen LogP contribution in [-0.2, 0) is 6.42 Å². The maximum Gasteiger partial charge on any atom is 0.232 e. The van der Waals surface area contributed by atoms with Crippen LogP contribution in [0.3, 0.4) is 0 Å². The second-order valence-corrected chi connectivity index (χ2v) is 7.29. The maximum atomic E-state index is 8.58. The lowest BCUT2D eigenvalue weighted by atomic mass is 10.0. The number of hydrogen-bond acceptors (Lipinski definition) is 4. The lowest BCUT2D eigenvalue weighted by molar-refractivity contribution is -0.456. The quantitative estimate of drug-likeness (QED) is 0.633. The third-order valence-corrected chi connectivity index (χ3v) is 5.58. The van der Waals surface area contributed by atoms with Crippen molar-refractivity contribution in [2.75, 3.05) is 19.7 Å². The van der Waals surface area contributed by atoms with Gasteiger partial charge < -0.3 is 14.4 Å². The normalized spacial score (nSPS) is 20.1. The second kappa shape index (κ2) is 7.56. The Morgan fingerprint density at radius 1 is 1.30 bits per heavy atom. The van der Waals surface area contributed by atoms with Gasteiger partial charge in [0, 0.05) is 49.6 Å². The Bertz CT molecular complexity index is 833. The van der Waals surface area contributed by atoms with Gasteiger partial charge in [-0.15, -0.1) is 0 Å². The Balaban J connectivity index is 1.33. The first-order valence-electron chi connectivity index (χ1n) is 9.63. The molecule has 0 aliphatic carbocycles. The van der Waals surface area contributed by atoms with E-state index in [1.807, 2.05) is 37.5 Å². The van der Waals surface area contributed by atoms with Crippen molar-refractivity contribution < 1.29 is 14.8 Å². The Labute approximate surface area is 160 Å². The molecule has 1 saturated heterocycles. The zero-order valence-corrected chi connectivity index (χ0v) is 16.0. The third kappa shape index (κ3) is 3.76. The van der Waals surface area contributed by atoms with Gasteiger partial charge in [0.2, 0.25) is 5.84 Å². The van der Waals surface area contributed by atoms with E-state index in [1.54, 1.807) is 6.20 Å². The molecule has 0 bridgehead atoms. The number of hydrogen-bond donors (Lipinski definition) is 2. The van der Waals surface area contributed by atoms with E-state index in [-0.39, 0.29) is 6.10 Å². The number of nitrogens with two attached hydrogens (primary N) is 1. The largest absolute Gasteiger partial charge is 0.493 e. The van der Waals surface area contributed by atoms with E-state index in [0.29, 0.717) is 5.84 Å². The molecule has 3 heterocycles. The minimum atomic E-state index is 0.190. The van der Waals surface area contributed by atoms with E-state index in [4.69, 9.17) is 14.9 Å². The van der Waals surface area contributed by atoms with Gasteiger partial charge in [0.05, 0.1) is 12.8 Å². The van der Waals surface area contributed by atoms with Crippen LogP contribution < -0.4 is 14.8 Å². The fourth-order valence-corrected chi connectivity index (χ4v) is 3.74. The minimum absolute atomic E-state index is 0.190. The summed E-state index contributed by atoms with van der Waals surface area (Å²) >= 11 is 0. The summed E-state index contributed by atoms with van der Waals surface area (Å²) in [6.45, 7) is 6.50. The highest BCUT2D eigenvalue weighted by Crippen LogP contribution is 2.31. The number of ether oxygens (including phenoxy) is 2. The smallest absolute Gasteiger partial charge is 0.232 e. The summed E-state index contributed by atoms with van der Waals surface area (Å²) in [5.41, 5.74) is 3.33. The Morgan fingerprint density at radius 2 is 2.11 bits per heavy atom. The minimum Gasteiger partial charge on any atom is -0.493 e. The maximum absolute atomic E-state index is 8.58. The summed E-state index contributed by atoms with van der Waals surface area (Å²) in [5.74, 6) is 3.40. The molecule has 3 aliphatic heterocycles. The van der Waals surface area contributed by atoms with Crippen molar-refractivity contribution in [2.24, 2.45) is 4.99 Å². The van der Waals surface area contributed by atoms with Gasteiger partial charge in [0.1, 0.15) is 29.6 Å². The van der Waals surface area contributed by atoms with Crippen molar-refractivity contribution in [1.82, 2.24) is 4.90 Å². The van der Waals surface area contributed by atoms with Crippen molar-refractivity contribution in [1.29, 1.82) is 5.41 Å². The van der Waals surface area contributed by atoms with Crippen LogP contribution in [0.15, 0.2) is 46.7 Å². The van der Waals surface area contributed by atoms with Crippen molar-refractivity contribution in [3.05, 3.63) is 47.3 Å². The first-order valence-corrected chi connectivity index (χ1v) is 9.63. The molecule has 0 amide bonds. The van der Waals surface area contributed by atoms with E-state index < -0.39 is 0 Å². The molecule has 0 spiro atoms. The Hall–Kier alpha value is -2.60. The summed E-state index contributed by atoms with van der Waals surface area (Å²) in [7, 11) is 0. The first-order chi connectivity index (χ1) is 13.1. The predicted octanol–water partition coefficient (Wildman–Crippen LogP) is 2.23. The SMILES string of the molecule is C/C(C(=N)N1CCC(Oc2ccc3c(c2)OCC3)CC1)=C(\C)C1=NC=C[NH2+]1. The predicted molar refractivity (Wildman–Crippen MR) is 105 cm³/mol. The number of piperidine rings is 1. The van der Waals surface area contributed by atoms with Gasteiger partial charge in [-0.3, -0.25) is 10.7 Å². The number of nitrogens with zero attached hydrogens (tertiary/aromatic N) is 2. The highest BCUT2D eigenvalue weighted by molar-refractivity contribution is 6.04. The molecule has 6 nitrogen and oxygen atoms in total. The van der Waals surface area contributed by atoms with E-state index in [0.717, 1.165) is 67.4 Å². The van der Waals surface area contributed by atoms with Crippen LogP contribution >= 0.6 is 0 Å². The van der Waals surface area contributed by atoms with Crippen LogP contribution in [0.2, 0.25) is 0 Å². The molecule has 0 saturated carbocycles. The molecule has 0 unspecified atom stereocenters. The summed E-state index contributed by atoms with van der Waals surface area (Å²) in [6, 6.07) is 6.17. The lowest BCUT2D eigenvalue weighted by Gasteiger charge is -2.34. The third-order valence-electron chi connectivity index (χ3n) is 5.58. The summed E-state index contributed by atoms with van der Waals surface area (Å²) in [4.78, 5) is 6.49. The van der Waals surface area contributed by atoms with Crippen molar-refractivity contribution in [2.45, 2.75) is 39.2 Å². The number of aliphatic imine (C=N–C) groups is 1. The fourth-order valence-electron chi connectivity index (χ4n) is 3.74. The molecule has 0 aromatic heterocycles. The van der Waals surface area contributed by atoms with Crippen LogP contribution in [-0.4, -0.2) is 42.4 Å². The van der Waals surface area contributed by atoms with Crippen molar-refractivity contribution >= 4 is 11.7 Å². The van der Waals surface area contributed by atoms with Crippen LogP contribution in [0.25, 0.3) is 0 Å².